The molecule has 0 saturated heterocycles. The number of carbonyl (C=O) groups excluding carboxylic acids is 2. The Bertz CT molecular complexity index is 579. The Balaban J connectivity index is 4.47. The van der Waals surface area contributed by atoms with Gasteiger partial charge in [-0.25, -0.2) is 4.57 Å². The molecule has 0 aliphatic carbocycles. The number of unbranched alkanes of at least 4 members (excludes halogenated alkanes) is 7. The lowest BCUT2D eigenvalue weighted by Gasteiger charge is -2.24. The van der Waals surface area contributed by atoms with E-state index >= 15 is 0 Å². The minimum Gasteiger partial charge on any atom is -0.462 e. The Morgan fingerprint density at radius 2 is 1.42 bits per heavy atom. The zero-order valence-corrected chi connectivity index (χ0v) is 22.3. The number of esters is 2. The fourth-order valence-electron chi connectivity index (χ4n) is 2.87. The highest BCUT2D eigenvalue weighted by molar-refractivity contribution is 7.47. The van der Waals surface area contributed by atoms with Crippen molar-refractivity contribution in [3.8, 4) is 0 Å². The molecule has 0 aliphatic rings. The van der Waals surface area contributed by atoms with Gasteiger partial charge >= 0.3 is 19.8 Å². The summed E-state index contributed by atoms with van der Waals surface area (Å²) >= 11 is 0. The predicted molar refractivity (Wildman–Crippen MR) is 128 cm³/mol. The van der Waals surface area contributed by atoms with Crippen molar-refractivity contribution >= 4 is 19.8 Å². The van der Waals surface area contributed by atoms with Crippen molar-refractivity contribution in [1.29, 1.82) is 0 Å². The van der Waals surface area contributed by atoms with E-state index in [-0.39, 0.29) is 26.1 Å². The zero-order chi connectivity index (χ0) is 25.2. The van der Waals surface area contributed by atoms with Gasteiger partial charge in [0.1, 0.15) is 19.8 Å². The summed E-state index contributed by atoms with van der Waals surface area (Å²) < 4.78 is 33.1. The predicted octanol–water partition coefficient (Wildman–Crippen LogP) is 4.61. The fourth-order valence-corrected chi connectivity index (χ4v) is 3.61. The van der Waals surface area contributed by atoms with Gasteiger partial charge in [-0.05, 0) is 12.8 Å². The molecule has 0 rings (SSSR count). The molecule has 0 saturated carbocycles. The average Bonchev–Trinajstić information content (AvgIpc) is 2.71. The van der Waals surface area contributed by atoms with Crippen molar-refractivity contribution in [2.24, 2.45) is 0 Å². The third-order valence-corrected chi connectivity index (χ3v) is 5.84. The van der Waals surface area contributed by atoms with E-state index in [1.165, 1.54) is 32.1 Å². The van der Waals surface area contributed by atoms with E-state index in [2.05, 4.69) is 6.92 Å². The maximum Gasteiger partial charge on any atom is 0.472 e. The van der Waals surface area contributed by atoms with Crippen LogP contribution < -0.4 is 0 Å². The van der Waals surface area contributed by atoms with Crippen LogP contribution in [-0.2, 0) is 32.7 Å². The molecule has 0 amide bonds. The van der Waals surface area contributed by atoms with E-state index < -0.39 is 32.5 Å². The standard InChI is InChI=1S/C23H46NO8P/c1-6-8-9-10-11-12-13-14-16-23(26)32-21(19-29-22(25)15-7-2)20-31-33(27,28)30-18-17-24(3,4)5/h21H,6-20H2,1-5H3/p+1. The van der Waals surface area contributed by atoms with E-state index in [1.54, 1.807) is 0 Å². The highest BCUT2D eigenvalue weighted by Crippen LogP contribution is 2.43. The topological polar surface area (TPSA) is 108 Å². The number of phosphoric ester groups is 1. The van der Waals surface area contributed by atoms with Crippen molar-refractivity contribution in [3.05, 3.63) is 0 Å². The van der Waals surface area contributed by atoms with Gasteiger partial charge in [-0.1, -0.05) is 58.8 Å². The van der Waals surface area contributed by atoms with Crippen molar-refractivity contribution < 1.29 is 42.1 Å². The SMILES string of the molecule is CCCCCCCCCCC(=O)OC(COC(=O)CCC)COP(=O)(O)OCC[N+](C)(C)C. The quantitative estimate of drug-likeness (QED) is 0.106. The summed E-state index contributed by atoms with van der Waals surface area (Å²) in [5.74, 6) is -0.868. The van der Waals surface area contributed by atoms with Crippen LogP contribution in [0.3, 0.4) is 0 Å². The number of ether oxygens (including phenoxy) is 2. The van der Waals surface area contributed by atoms with Gasteiger partial charge in [0.15, 0.2) is 6.10 Å². The number of rotatable bonds is 21. The van der Waals surface area contributed by atoms with Crippen LogP contribution in [0.1, 0.15) is 84.5 Å². The lowest BCUT2D eigenvalue weighted by molar-refractivity contribution is -0.870. The van der Waals surface area contributed by atoms with E-state index in [0.717, 1.165) is 12.8 Å². The highest BCUT2D eigenvalue weighted by atomic mass is 31.2. The molecule has 10 heteroatoms. The Morgan fingerprint density at radius 1 is 0.818 bits per heavy atom. The van der Waals surface area contributed by atoms with Gasteiger partial charge in [0.2, 0.25) is 0 Å². The van der Waals surface area contributed by atoms with Gasteiger partial charge in [0.05, 0.1) is 27.7 Å². The number of likely N-dealkylation sites (N-methyl/N-ethyl adjacent to an activating group) is 1. The lowest BCUT2D eigenvalue weighted by atomic mass is 10.1. The molecule has 2 unspecified atom stereocenters. The second-order valence-electron chi connectivity index (χ2n) is 9.38. The molecule has 196 valence electrons. The summed E-state index contributed by atoms with van der Waals surface area (Å²) in [4.78, 5) is 33.8. The van der Waals surface area contributed by atoms with Crippen molar-refractivity contribution in [2.45, 2.75) is 90.6 Å². The zero-order valence-electron chi connectivity index (χ0n) is 21.4. The van der Waals surface area contributed by atoms with Gasteiger partial charge in [0.25, 0.3) is 0 Å². The third kappa shape index (κ3) is 21.3. The molecule has 0 aromatic carbocycles. The summed E-state index contributed by atoms with van der Waals surface area (Å²) in [6.45, 7) is 3.95. The summed E-state index contributed by atoms with van der Waals surface area (Å²) in [6, 6.07) is 0. The molecular formula is C23H47NO8P+. The summed E-state index contributed by atoms with van der Waals surface area (Å²) in [6.07, 6.45) is 9.00. The molecule has 0 aliphatic heterocycles. The van der Waals surface area contributed by atoms with Crippen LogP contribution in [0.4, 0.5) is 0 Å². The van der Waals surface area contributed by atoms with E-state index in [0.29, 0.717) is 23.9 Å². The lowest BCUT2D eigenvalue weighted by Crippen LogP contribution is -2.37. The van der Waals surface area contributed by atoms with Gasteiger partial charge in [-0.15, -0.1) is 0 Å². The van der Waals surface area contributed by atoms with Crippen LogP contribution in [0.15, 0.2) is 0 Å². The minimum absolute atomic E-state index is 0.0334. The normalized spacial score (nSPS) is 14.5. The number of hydrogen-bond donors (Lipinski definition) is 1. The van der Waals surface area contributed by atoms with Crippen LogP contribution in [0.25, 0.3) is 0 Å². The molecule has 1 N–H and O–H groups in total. The number of phosphoric acid groups is 1. The Kier molecular flexibility index (Phi) is 17.8. The van der Waals surface area contributed by atoms with Crippen LogP contribution >= 0.6 is 7.82 Å². The smallest absolute Gasteiger partial charge is 0.462 e. The Morgan fingerprint density at radius 3 is 2.00 bits per heavy atom. The van der Waals surface area contributed by atoms with Gasteiger partial charge < -0.3 is 18.9 Å². The molecule has 0 spiro atoms. The van der Waals surface area contributed by atoms with Crippen molar-refractivity contribution in [1.82, 2.24) is 0 Å². The molecule has 0 aromatic rings. The molecule has 0 heterocycles. The molecule has 0 bridgehead atoms. The van der Waals surface area contributed by atoms with E-state index in [4.69, 9.17) is 18.5 Å². The van der Waals surface area contributed by atoms with E-state index in [1.807, 2.05) is 28.1 Å². The summed E-state index contributed by atoms with van der Waals surface area (Å²) in [7, 11) is 1.47. The Hall–Kier alpha value is -0.990. The highest BCUT2D eigenvalue weighted by Gasteiger charge is 2.26. The first-order valence-corrected chi connectivity index (χ1v) is 13.8. The monoisotopic (exact) mass is 496 g/mol. The second kappa shape index (κ2) is 18.4. The molecule has 0 aromatic heterocycles. The number of carbonyl (C=O) groups is 2. The molecule has 9 nitrogen and oxygen atoms in total. The number of quaternary nitrogens is 1. The van der Waals surface area contributed by atoms with Gasteiger partial charge in [-0.3, -0.25) is 18.6 Å². The number of nitrogens with zero attached hydrogens (tertiary/aromatic N) is 1. The van der Waals surface area contributed by atoms with Gasteiger partial charge in [0, 0.05) is 12.8 Å². The van der Waals surface area contributed by atoms with Crippen LogP contribution in [0, 0.1) is 0 Å². The maximum atomic E-state index is 12.2. The third-order valence-electron chi connectivity index (χ3n) is 4.86. The average molecular weight is 497 g/mol. The minimum atomic E-state index is -4.32. The largest absolute Gasteiger partial charge is 0.472 e. The molecule has 0 fully saturated rings. The first-order valence-electron chi connectivity index (χ1n) is 12.3. The Labute approximate surface area is 200 Å². The van der Waals surface area contributed by atoms with Crippen LogP contribution in [0.2, 0.25) is 0 Å². The first-order chi connectivity index (χ1) is 15.5. The van der Waals surface area contributed by atoms with Crippen LogP contribution in [0.5, 0.6) is 0 Å². The molecule has 2 atom stereocenters. The maximum absolute atomic E-state index is 12.2. The number of hydrogen-bond acceptors (Lipinski definition) is 7. The molecule has 0 radical (unpaired) electrons. The van der Waals surface area contributed by atoms with Crippen LogP contribution in [-0.4, -0.2) is 74.9 Å². The summed E-state index contributed by atoms with van der Waals surface area (Å²) in [5.41, 5.74) is 0. The first kappa shape index (κ1) is 32.0. The molecule has 33 heavy (non-hydrogen) atoms. The van der Waals surface area contributed by atoms with Crippen molar-refractivity contribution in [2.75, 3.05) is 47.5 Å². The van der Waals surface area contributed by atoms with E-state index in [9.17, 15) is 19.0 Å². The second-order valence-corrected chi connectivity index (χ2v) is 10.8. The van der Waals surface area contributed by atoms with Crippen molar-refractivity contribution in [3.63, 3.8) is 0 Å². The molecular weight excluding hydrogens is 449 g/mol. The van der Waals surface area contributed by atoms with Gasteiger partial charge in [-0.2, -0.15) is 0 Å². The fraction of sp³-hybridized carbons (Fsp3) is 0.913. The summed E-state index contributed by atoms with van der Waals surface area (Å²) in [5, 5.41) is 0.